The molecule has 0 fully saturated rings. The Bertz CT molecular complexity index is 3370. The summed E-state index contributed by atoms with van der Waals surface area (Å²) in [5.74, 6) is 3.51. The lowest BCUT2D eigenvalue weighted by Gasteiger charge is -2.35. The van der Waals surface area contributed by atoms with Crippen molar-refractivity contribution in [1.82, 2.24) is 4.57 Å². The number of benzene rings is 9. The van der Waals surface area contributed by atoms with Crippen LogP contribution in [0.5, 0.6) is 23.0 Å². The summed E-state index contributed by atoms with van der Waals surface area (Å²) >= 11 is 0. The largest absolute Gasteiger partial charge is 0.458 e. The third-order valence-corrected chi connectivity index (χ3v) is 13.3. The number of hydrogen-bond donors (Lipinski definition) is 0. The van der Waals surface area contributed by atoms with Gasteiger partial charge in [-0.3, -0.25) is 0 Å². The number of aromatic nitrogens is 1. The molecule has 0 radical (unpaired) electrons. The van der Waals surface area contributed by atoms with Crippen molar-refractivity contribution >= 4 is 72.7 Å². The van der Waals surface area contributed by atoms with Crippen molar-refractivity contribution in [3.63, 3.8) is 0 Å². The van der Waals surface area contributed by atoms with Crippen molar-refractivity contribution in [2.75, 3.05) is 4.90 Å². The van der Waals surface area contributed by atoms with Gasteiger partial charge in [-0.15, -0.1) is 0 Å². The zero-order valence-corrected chi connectivity index (χ0v) is 33.2. The van der Waals surface area contributed by atoms with Crippen LogP contribution in [0.3, 0.4) is 0 Å². The fourth-order valence-corrected chi connectivity index (χ4v) is 10.6. The Morgan fingerprint density at radius 3 is 1.83 bits per heavy atom. The summed E-state index contributed by atoms with van der Waals surface area (Å²) in [7, 11) is 0. The Balaban J connectivity index is 1.05. The van der Waals surface area contributed by atoms with Crippen LogP contribution < -0.4 is 30.8 Å². The van der Waals surface area contributed by atoms with Gasteiger partial charge in [0.25, 0.3) is 6.71 Å². The molecule has 9 aromatic carbocycles. The molecule has 60 heavy (non-hydrogen) atoms. The molecule has 0 amide bonds. The molecule has 0 saturated carbocycles. The summed E-state index contributed by atoms with van der Waals surface area (Å²) in [6, 6.07) is 67.7. The van der Waals surface area contributed by atoms with Crippen LogP contribution in [0.25, 0.3) is 49.4 Å². The molecule has 4 nitrogen and oxygen atoms in total. The number of fused-ring (bicyclic) bond motifs is 14. The Hall–Kier alpha value is -7.50. The van der Waals surface area contributed by atoms with Gasteiger partial charge in [0, 0.05) is 44.4 Å². The van der Waals surface area contributed by atoms with Crippen LogP contribution in [0, 0.1) is 0 Å². The van der Waals surface area contributed by atoms with E-state index in [9.17, 15) is 0 Å². The van der Waals surface area contributed by atoms with E-state index in [1.807, 2.05) is 0 Å². The fourth-order valence-electron chi connectivity index (χ4n) is 10.6. The van der Waals surface area contributed by atoms with Gasteiger partial charge in [-0.1, -0.05) is 129 Å². The maximum Gasteiger partial charge on any atom is 0.261 e. The molecular formula is C55H37BN2O2. The summed E-state index contributed by atoms with van der Waals surface area (Å²) in [5, 5.41) is 4.70. The molecule has 1 aliphatic carbocycles. The zero-order valence-electron chi connectivity index (χ0n) is 33.2. The van der Waals surface area contributed by atoms with E-state index in [1.165, 1.54) is 49.3 Å². The Labute approximate surface area is 348 Å². The molecule has 0 atom stereocenters. The van der Waals surface area contributed by atoms with E-state index in [1.54, 1.807) is 0 Å². The fraction of sp³-hybridized carbons (Fsp3) is 0.0545. The van der Waals surface area contributed by atoms with E-state index in [0.29, 0.717) is 0 Å². The van der Waals surface area contributed by atoms with E-state index in [2.05, 4.69) is 211 Å². The smallest absolute Gasteiger partial charge is 0.261 e. The Morgan fingerprint density at radius 1 is 0.483 bits per heavy atom. The zero-order chi connectivity index (χ0) is 39.7. The summed E-state index contributed by atoms with van der Waals surface area (Å²) < 4.78 is 16.6. The van der Waals surface area contributed by atoms with Crippen LogP contribution in [0.15, 0.2) is 188 Å². The van der Waals surface area contributed by atoms with Crippen molar-refractivity contribution in [2.45, 2.75) is 19.3 Å². The normalized spacial score (nSPS) is 13.9. The van der Waals surface area contributed by atoms with Crippen LogP contribution >= 0.6 is 0 Å². The highest BCUT2D eigenvalue weighted by Gasteiger charge is 2.45. The lowest BCUT2D eigenvalue weighted by Crippen LogP contribution is -2.57. The van der Waals surface area contributed by atoms with Gasteiger partial charge in [0.2, 0.25) is 0 Å². The maximum absolute atomic E-state index is 7.21. The molecule has 13 rings (SSSR count). The lowest BCUT2D eigenvalue weighted by molar-refractivity contribution is 0.467. The number of anilines is 3. The predicted octanol–water partition coefficient (Wildman–Crippen LogP) is 12.4. The van der Waals surface area contributed by atoms with Crippen molar-refractivity contribution in [1.29, 1.82) is 0 Å². The number of ether oxygens (including phenoxy) is 2. The first kappa shape index (κ1) is 33.5. The first-order chi connectivity index (χ1) is 29.5. The molecule has 282 valence electrons. The molecule has 3 heterocycles. The molecule has 0 saturated heterocycles. The summed E-state index contributed by atoms with van der Waals surface area (Å²) in [6.07, 6.45) is 0. The topological polar surface area (TPSA) is 26.6 Å². The second kappa shape index (κ2) is 12.3. The van der Waals surface area contributed by atoms with Gasteiger partial charge in [0.1, 0.15) is 23.0 Å². The standard InChI is InChI=1S/C55H37BN2O2/c1-55(2)43-31-37(57(34-17-6-3-7-18-34)35-19-8-4-9-20-35)29-30-38(43)42-32-49-45(33-44(42)55)56-51-39-23-12-13-24-40(39)53-50(54(51)60-48-28-16-27-47(59-49)52(48)56)41-25-14-15-26-46(41)58(53)36-21-10-5-11-22-36/h3-33H,1-2H3. The third kappa shape index (κ3) is 4.52. The van der Waals surface area contributed by atoms with Gasteiger partial charge < -0.3 is 18.9 Å². The Kier molecular flexibility index (Phi) is 6.84. The van der Waals surface area contributed by atoms with Gasteiger partial charge in [0.15, 0.2) is 0 Å². The first-order valence-electron chi connectivity index (χ1n) is 20.8. The minimum Gasteiger partial charge on any atom is -0.458 e. The van der Waals surface area contributed by atoms with E-state index in [-0.39, 0.29) is 12.1 Å². The minimum absolute atomic E-state index is 0.108. The SMILES string of the molecule is CC1(C)c2cc(N(c3ccccc3)c3ccccc3)ccc2-c2cc3c(cc21)B1c2c(cccc2Oc2c1c1ccccc1c1c2c2ccccc2n1-c1ccccc1)O3. The van der Waals surface area contributed by atoms with Gasteiger partial charge >= 0.3 is 0 Å². The number of para-hydroxylation sites is 4. The van der Waals surface area contributed by atoms with Gasteiger partial charge in [-0.05, 0) is 111 Å². The van der Waals surface area contributed by atoms with Crippen molar-refractivity contribution in [3.05, 3.63) is 199 Å². The van der Waals surface area contributed by atoms with Gasteiger partial charge in [-0.2, -0.15) is 0 Å². The van der Waals surface area contributed by atoms with E-state index in [0.717, 1.165) is 67.6 Å². The van der Waals surface area contributed by atoms with E-state index >= 15 is 0 Å². The molecule has 0 unspecified atom stereocenters. The highest BCUT2D eigenvalue weighted by atomic mass is 16.5. The van der Waals surface area contributed by atoms with Crippen LogP contribution in [-0.2, 0) is 5.41 Å². The molecule has 0 N–H and O–H groups in total. The predicted molar refractivity (Wildman–Crippen MR) is 248 cm³/mol. The average molecular weight is 769 g/mol. The third-order valence-electron chi connectivity index (χ3n) is 13.3. The highest BCUT2D eigenvalue weighted by molar-refractivity contribution is 7.00. The molecule has 0 spiro atoms. The van der Waals surface area contributed by atoms with Crippen molar-refractivity contribution in [3.8, 4) is 39.8 Å². The monoisotopic (exact) mass is 768 g/mol. The minimum atomic E-state index is -0.280. The quantitative estimate of drug-likeness (QED) is 0.167. The molecule has 3 aliphatic rings. The Morgan fingerprint density at radius 2 is 1.10 bits per heavy atom. The van der Waals surface area contributed by atoms with Gasteiger partial charge in [-0.25, -0.2) is 0 Å². The van der Waals surface area contributed by atoms with Crippen LogP contribution in [0.2, 0.25) is 0 Å². The number of hydrogen-bond acceptors (Lipinski definition) is 3. The van der Waals surface area contributed by atoms with E-state index < -0.39 is 0 Å². The summed E-state index contributed by atoms with van der Waals surface area (Å²) in [4.78, 5) is 2.35. The number of rotatable bonds is 4. The highest BCUT2D eigenvalue weighted by Crippen LogP contribution is 2.53. The summed E-state index contributed by atoms with van der Waals surface area (Å²) in [6.45, 7) is 4.65. The van der Waals surface area contributed by atoms with Crippen molar-refractivity contribution in [2.24, 2.45) is 0 Å². The maximum atomic E-state index is 7.21. The molecule has 0 bridgehead atoms. The molecule has 10 aromatic rings. The van der Waals surface area contributed by atoms with E-state index in [4.69, 9.17) is 9.47 Å². The molecule has 2 aliphatic heterocycles. The lowest BCUT2D eigenvalue weighted by atomic mass is 9.34. The van der Waals surface area contributed by atoms with Crippen LogP contribution in [-0.4, -0.2) is 11.3 Å². The second-order valence-electron chi connectivity index (χ2n) is 16.8. The average Bonchev–Trinajstić information content (AvgIpc) is 3.75. The summed E-state index contributed by atoms with van der Waals surface area (Å²) in [5.41, 5.74) is 15.1. The number of nitrogens with zero attached hydrogens (tertiary/aromatic N) is 2. The molecular weight excluding hydrogens is 731 g/mol. The molecule has 5 heteroatoms. The molecule has 1 aromatic heterocycles. The van der Waals surface area contributed by atoms with Crippen molar-refractivity contribution < 1.29 is 9.47 Å². The van der Waals surface area contributed by atoms with Crippen LogP contribution in [0.1, 0.15) is 25.0 Å². The van der Waals surface area contributed by atoms with Gasteiger partial charge in [0.05, 0.1) is 16.4 Å². The van der Waals surface area contributed by atoms with Crippen LogP contribution in [0.4, 0.5) is 17.1 Å². The second-order valence-corrected chi connectivity index (χ2v) is 16.8. The first-order valence-corrected chi connectivity index (χ1v) is 20.8.